The maximum atomic E-state index is 2.33. The van der Waals surface area contributed by atoms with Crippen molar-refractivity contribution in [2.24, 2.45) is 0 Å². The van der Waals surface area contributed by atoms with E-state index in [9.17, 15) is 0 Å². The van der Waals surface area contributed by atoms with E-state index in [4.69, 9.17) is 0 Å². The zero-order valence-corrected chi connectivity index (χ0v) is 24.4. The van der Waals surface area contributed by atoms with Gasteiger partial charge < -0.3 is 0 Å². The summed E-state index contributed by atoms with van der Waals surface area (Å²) in [5.74, 6) is 2.48. The fourth-order valence-electron chi connectivity index (χ4n) is 4.15. The minimum Gasteiger partial charge on any atom is -0.143 e. The molecule has 0 spiro atoms. The van der Waals surface area contributed by atoms with E-state index in [1.54, 1.807) is 0 Å². The number of hydrogen-bond acceptors (Lipinski definition) is 4. The molecule has 0 fully saturated rings. The van der Waals surface area contributed by atoms with Crippen molar-refractivity contribution in [2.45, 2.75) is 101 Å². The lowest BCUT2D eigenvalue weighted by Crippen LogP contribution is -1.84. The van der Waals surface area contributed by atoms with Gasteiger partial charge in [0.2, 0.25) is 0 Å². The molecule has 0 saturated heterocycles. The molecule has 0 N–H and O–H groups in total. The van der Waals surface area contributed by atoms with Crippen molar-refractivity contribution in [3.63, 3.8) is 0 Å². The van der Waals surface area contributed by atoms with E-state index >= 15 is 0 Å². The van der Waals surface area contributed by atoms with Crippen molar-refractivity contribution in [3.8, 4) is 20.9 Å². The van der Waals surface area contributed by atoms with Crippen LogP contribution in [-0.4, -0.2) is 11.5 Å². The third-order valence-corrected chi connectivity index (χ3v) is 10.7. The fourth-order valence-corrected chi connectivity index (χ4v) is 8.52. The predicted molar refractivity (Wildman–Crippen MR) is 161 cm³/mol. The highest BCUT2D eigenvalue weighted by atomic mass is 32.2. The lowest BCUT2D eigenvalue weighted by atomic mass is 10.1. The second kappa shape index (κ2) is 16.9. The van der Waals surface area contributed by atoms with Crippen LogP contribution >= 0.6 is 46.2 Å². The Morgan fingerprint density at radius 3 is 1.29 bits per heavy atom. The number of thioether (sulfide) groups is 2. The van der Waals surface area contributed by atoms with Crippen LogP contribution in [0.3, 0.4) is 0 Å². The largest absolute Gasteiger partial charge is 0.143 e. The zero-order valence-electron chi connectivity index (χ0n) is 21.2. The molecule has 2 heterocycles. The standard InChI is InChI=1S/C30H42S4/c1-3-5-7-9-11-13-21-31-27-19-23-33-29(27)25-15-17-26(18-16-25)30-28(20-24-34-30)32-22-14-12-10-8-6-4-2/h15-20,23-24H,3-14,21-22H2,1-2H3. The molecule has 0 unspecified atom stereocenters. The summed E-state index contributed by atoms with van der Waals surface area (Å²) < 4.78 is 0. The summed E-state index contributed by atoms with van der Waals surface area (Å²) in [7, 11) is 0. The maximum absolute atomic E-state index is 2.33. The molecule has 0 aliphatic carbocycles. The van der Waals surface area contributed by atoms with Gasteiger partial charge in [0, 0.05) is 19.5 Å². The Bertz CT molecular complexity index is 831. The van der Waals surface area contributed by atoms with Crippen LogP contribution in [0.25, 0.3) is 20.9 Å². The Kier molecular flexibility index (Phi) is 13.9. The van der Waals surface area contributed by atoms with E-state index in [-0.39, 0.29) is 0 Å². The van der Waals surface area contributed by atoms with Crippen molar-refractivity contribution in [1.29, 1.82) is 0 Å². The number of unbranched alkanes of at least 4 members (excludes halogenated alkanes) is 10. The highest BCUT2D eigenvalue weighted by molar-refractivity contribution is 7.99. The van der Waals surface area contributed by atoms with E-state index in [0.29, 0.717) is 0 Å². The highest BCUT2D eigenvalue weighted by Gasteiger charge is 2.11. The summed E-state index contributed by atoms with van der Waals surface area (Å²) in [5, 5.41) is 4.51. The van der Waals surface area contributed by atoms with Gasteiger partial charge in [-0.1, -0.05) is 102 Å². The van der Waals surface area contributed by atoms with Gasteiger partial charge in [0.15, 0.2) is 0 Å². The van der Waals surface area contributed by atoms with Crippen molar-refractivity contribution >= 4 is 46.2 Å². The molecule has 0 atom stereocenters. The van der Waals surface area contributed by atoms with E-state index in [1.807, 2.05) is 46.2 Å². The summed E-state index contributed by atoms with van der Waals surface area (Å²) in [6.45, 7) is 4.58. The number of hydrogen-bond donors (Lipinski definition) is 0. The fraction of sp³-hybridized carbons (Fsp3) is 0.533. The van der Waals surface area contributed by atoms with E-state index < -0.39 is 0 Å². The lowest BCUT2D eigenvalue weighted by molar-refractivity contribution is 0.627. The Balaban J connectivity index is 1.49. The molecule has 0 amide bonds. The molecular formula is C30H42S4. The first-order valence-corrected chi connectivity index (χ1v) is 17.1. The molecule has 0 bridgehead atoms. The van der Waals surface area contributed by atoms with Gasteiger partial charge in [-0.15, -0.1) is 46.2 Å². The molecule has 1 aromatic carbocycles. The van der Waals surface area contributed by atoms with Gasteiger partial charge in [-0.25, -0.2) is 0 Å². The molecule has 4 heteroatoms. The van der Waals surface area contributed by atoms with E-state index in [2.05, 4.69) is 61.0 Å². The molecule has 0 aliphatic heterocycles. The van der Waals surface area contributed by atoms with Crippen molar-refractivity contribution < 1.29 is 0 Å². The Morgan fingerprint density at radius 1 is 0.500 bits per heavy atom. The SMILES string of the molecule is CCCCCCCCSc1ccsc1-c1ccc(-c2sccc2SCCCCCCCC)cc1. The lowest BCUT2D eigenvalue weighted by Gasteiger charge is -2.07. The molecule has 34 heavy (non-hydrogen) atoms. The Hall–Kier alpha value is -0.680. The predicted octanol–water partition coefficient (Wildman–Crippen LogP) is 12.0. The van der Waals surface area contributed by atoms with Crippen LogP contribution in [0.2, 0.25) is 0 Å². The normalized spacial score (nSPS) is 11.4. The first kappa shape index (κ1) is 27.9. The van der Waals surface area contributed by atoms with Gasteiger partial charge >= 0.3 is 0 Å². The van der Waals surface area contributed by atoms with E-state index in [0.717, 1.165) is 0 Å². The first-order valence-electron chi connectivity index (χ1n) is 13.3. The third kappa shape index (κ3) is 9.41. The summed E-state index contributed by atoms with van der Waals surface area (Å²) in [6.07, 6.45) is 16.5. The van der Waals surface area contributed by atoms with Crippen LogP contribution in [0.15, 0.2) is 56.9 Å². The van der Waals surface area contributed by atoms with Crippen LogP contribution in [0.5, 0.6) is 0 Å². The van der Waals surface area contributed by atoms with Gasteiger partial charge in [-0.2, -0.15) is 0 Å². The molecule has 3 aromatic rings. The molecule has 3 rings (SSSR count). The number of rotatable bonds is 18. The van der Waals surface area contributed by atoms with Crippen LogP contribution in [0, 0.1) is 0 Å². The summed E-state index contributed by atoms with van der Waals surface area (Å²) in [6, 6.07) is 13.9. The van der Waals surface area contributed by atoms with Gasteiger partial charge in [0.1, 0.15) is 0 Å². The monoisotopic (exact) mass is 530 g/mol. The summed E-state index contributed by atoms with van der Waals surface area (Å²) >= 11 is 7.85. The second-order valence-electron chi connectivity index (χ2n) is 9.04. The minimum atomic E-state index is 1.24. The smallest absolute Gasteiger partial charge is 0.0478 e. The molecule has 0 saturated carbocycles. The molecule has 0 radical (unpaired) electrons. The van der Waals surface area contributed by atoms with E-state index in [1.165, 1.54) is 119 Å². The Labute approximate surface area is 225 Å². The topological polar surface area (TPSA) is 0 Å². The highest BCUT2D eigenvalue weighted by Crippen LogP contribution is 2.40. The summed E-state index contributed by atoms with van der Waals surface area (Å²) in [5.41, 5.74) is 2.73. The molecule has 0 aliphatic rings. The van der Waals surface area contributed by atoms with Crippen LogP contribution in [0.4, 0.5) is 0 Å². The van der Waals surface area contributed by atoms with Crippen molar-refractivity contribution in [1.82, 2.24) is 0 Å². The first-order chi connectivity index (χ1) is 16.8. The number of benzene rings is 1. The van der Waals surface area contributed by atoms with Gasteiger partial charge in [-0.3, -0.25) is 0 Å². The van der Waals surface area contributed by atoms with Gasteiger partial charge in [0.05, 0.1) is 0 Å². The van der Waals surface area contributed by atoms with Crippen LogP contribution in [-0.2, 0) is 0 Å². The van der Waals surface area contributed by atoms with Gasteiger partial charge in [-0.05, 0) is 58.4 Å². The molecule has 0 nitrogen and oxygen atoms in total. The molecular weight excluding hydrogens is 489 g/mol. The van der Waals surface area contributed by atoms with Crippen LogP contribution in [0.1, 0.15) is 90.9 Å². The minimum absolute atomic E-state index is 1.24. The maximum Gasteiger partial charge on any atom is 0.0478 e. The Morgan fingerprint density at radius 2 is 0.882 bits per heavy atom. The van der Waals surface area contributed by atoms with Crippen LogP contribution < -0.4 is 0 Å². The van der Waals surface area contributed by atoms with Crippen molar-refractivity contribution in [3.05, 3.63) is 47.2 Å². The van der Waals surface area contributed by atoms with Crippen molar-refractivity contribution in [2.75, 3.05) is 11.5 Å². The average Bonchev–Trinajstić information content (AvgIpc) is 3.53. The second-order valence-corrected chi connectivity index (χ2v) is 13.1. The average molecular weight is 531 g/mol. The third-order valence-electron chi connectivity index (χ3n) is 6.18. The quantitative estimate of drug-likeness (QED) is 0.118. The zero-order chi connectivity index (χ0) is 23.8. The van der Waals surface area contributed by atoms with Gasteiger partial charge in [0.25, 0.3) is 0 Å². The summed E-state index contributed by atoms with van der Waals surface area (Å²) in [4.78, 5) is 5.79. The molecule has 2 aromatic heterocycles. The molecule has 186 valence electrons. The number of thiophene rings is 2.